The fraction of sp³-hybridized carbons (Fsp3) is 0.600. The molecular weight excluding hydrogens is 318 g/mol. The van der Waals surface area contributed by atoms with Crippen LogP contribution in [0.1, 0.15) is 58.4 Å². The molecule has 0 atom stereocenters. The van der Waals surface area contributed by atoms with Crippen LogP contribution in [0.4, 0.5) is 4.79 Å². The number of ether oxygens (including phenoxy) is 2. The molecule has 2 rings (SSSR count). The van der Waals surface area contributed by atoms with E-state index in [1.54, 1.807) is 4.90 Å². The first-order valence-corrected chi connectivity index (χ1v) is 9.04. The molecule has 0 saturated heterocycles. The Morgan fingerprint density at radius 2 is 1.72 bits per heavy atom. The summed E-state index contributed by atoms with van der Waals surface area (Å²) in [7, 11) is 0. The normalized spacial score (nSPS) is 15.5. The summed E-state index contributed by atoms with van der Waals surface area (Å²) in [6, 6.07) is 9.57. The average Bonchev–Trinajstić information content (AvgIpc) is 2.58. The summed E-state index contributed by atoms with van der Waals surface area (Å²) in [5.74, 6) is -0.403. The molecule has 0 heterocycles. The van der Waals surface area contributed by atoms with Crippen LogP contribution in [0.2, 0.25) is 0 Å². The second-order valence-electron chi connectivity index (χ2n) is 7.55. The molecule has 0 spiro atoms. The van der Waals surface area contributed by atoms with Crippen molar-refractivity contribution >= 4 is 12.1 Å². The van der Waals surface area contributed by atoms with Crippen LogP contribution in [0.25, 0.3) is 0 Å². The number of hydrogen-bond donors (Lipinski definition) is 0. The molecule has 5 heteroatoms. The Labute approximate surface area is 150 Å². The van der Waals surface area contributed by atoms with Gasteiger partial charge < -0.3 is 9.47 Å². The SMILES string of the molecule is CC(C)(C)OC(=O)N(CC(=O)OCc1ccccc1)C1CCCCC1. The summed E-state index contributed by atoms with van der Waals surface area (Å²) in [5, 5.41) is 0. The van der Waals surface area contributed by atoms with Gasteiger partial charge in [0, 0.05) is 6.04 Å². The molecule has 1 saturated carbocycles. The molecule has 1 aromatic rings. The molecule has 0 radical (unpaired) electrons. The third-order valence-electron chi connectivity index (χ3n) is 4.19. The van der Waals surface area contributed by atoms with Gasteiger partial charge in [-0.05, 0) is 39.2 Å². The minimum atomic E-state index is -0.585. The van der Waals surface area contributed by atoms with Gasteiger partial charge in [-0.3, -0.25) is 9.69 Å². The highest BCUT2D eigenvalue weighted by Gasteiger charge is 2.31. The van der Waals surface area contributed by atoms with E-state index in [0.717, 1.165) is 31.2 Å². The van der Waals surface area contributed by atoms with Gasteiger partial charge in [-0.1, -0.05) is 49.6 Å². The molecule has 0 N–H and O–H groups in total. The molecule has 0 aliphatic heterocycles. The van der Waals surface area contributed by atoms with E-state index in [-0.39, 0.29) is 19.2 Å². The van der Waals surface area contributed by atoms with E-state index in [0.29, 0.717) is 0 Å². The lowest BCUT2D eigenvalue weighted by Crippen LogP contribution is -2.47. The number of carbonyl (C=O) groups is 2. The van der Waals surface area contributed by atoms with Crippen LogP contribution in [0, 0.1) is 0 Å². The maximum absolute atomic E-state index is 12.6. The van der Waals surface area contributed by atoms with Crippen LogP contribution in [-0.2, 0) is 20.9 Å². The van der Waals surface area contributed by atoms with Crippen molar-refractivity contribution in [3.63, 3.8) is 0 Å². The maximum atomic E-state index is 12.6. The largest absolute Gasteiger partial charge is 0.459 e. The van der Waals surface area contributed by atoms with Gasteiger partial charge in [0.15, 0.2) is 0 Å². The van der Waals surface area contributed by atoms with Gasteiger partial charge in [0.25, 0.3) is 0 Å². The topological polar surface area (TPSA) is 55.8 Å². The Bertz CT molecular complexity index is 559. The van der Waals surface area contributed by atoms with E-state index in [1.807, 2.05) is 51.1 Å². The second-order valence-corrected chi connectivity index (χ2v) is 7.55. The van der Waals surface area contributed by atoms with Crippen molar-refractivity contribution in [3.8, 4) is 0 Å². The van der Waals surface area contributed by atoms with Gasteiger partial charge in [0.1, 0.15) is 18.8 Å². The quantitative estimate of drug-likeness (QED) is 0.745. The van der Waals surface area contributed by atoms with Gasteiger partial charge in [-0.2, -0.15) is 0 Å². The van der Waals surface area contributed by atoms with E-state index < -0.39 is 17.7 Å². The van der Waals surface area contributed by atoms with Gasteiger partial charge in [-0.15, -0.1) is 0 Å². The van der Waals surface area contributed by atoms with Crippen molar-refractivity contribution < 1.29 is 19.1 Å². The Kier molecular flexibility index (Phi) is 6.85. The molecule has 1 amide bonds. The summed E-state index contributed by atoms with van der Waals surface area (Å²) in [6.07, 6.45) is 4.70. The van der Waals surface area contributed by atoms with Gasteiger partial charge in [0.2, 0.25) is 0 Å². The molecule has 1 aromatic carbocycles. The van der Waals surface area contributed by atoms with E-state index in [4.69, 9.17) is 9.47 Å². The number of esters is 1. The smallest absolute Gasteiger partial charge is 0.411 e. The number of benzene rings is 1. The molecule has 1 aliphatic carbocycles. The van der Waals surface area contributed by atoms with Crippen LogP contribution in [0.5, 0.6) is 0 Å². The van der Waals surface area contributed by atoms with Gasteiger partial charge in [0.05, 0.1) is 0 Å². The van der Waals surface area contributed by atoms with Crippen molar-refractivity contribution in [2.75, 3.05) is 6.54 Å². The van der Waals surface area contributed by atoms with Crippen molar-refractivity contribution in [1.29, 1.82) is 0 Å². The average molecular weight is 347 g/mol. The predicted octanol–water partition coefficient (Wildman–Crippen LogP) is 4.30. The van der Waals surface area contributed by atoms with Crippen molar-refractivity contribution in [1.82, 2.24) is 4.90 Å². The third-order valence-corrected chi connectivity index (χ3v) is 4.19. The zero-order chi connectivity index (χ0) is 18.3. The molecule has 138 valence electrons. The minimum absolute atomic E-state index is 0.0490. The van der Waals surface area contributed by atoms with Crippen LogP contribution in [0.3, 0.4) is 0 Å². The predicted molar refractivity (Wildman–Crippen MR) is 96.1 cm³/mol. The monoisotopic (exact) mass is 347 g/mol. The summed E-state index contributed by atoms with van der Waals surface area (Å²) in [4.78, 5) is 26.4. The number of amides is 1. The highest BCUT2D eigenvalue weighted by atomic mass is 16.6. The Balaban J connectivity index is 1.96. The highest BCUT2D eigenvalue weighted by molar-refractivity contribution is 5.78. The lowest BCUT2D eigenvalue weighted by atomic mass is 9.94. The minimum Gasteiger partial charge on any atom is -0.459 e. The standard InChI is InChI=1S/C20H29NO4/c1-20(2,3)25-19(23)21(17-12-8-5-9-13-17)14-18(22)24-15-16-10-6-4-7-11-16/h4,6-7,10-11,17H,5,8-9,12-15H2,1-3H3. The lowest BCUT2D eigenvalue weighted by molar-refractivity contribution is -0.147. The first-order chi connectivity index (χ1) is 11.8. The fourth-order valence-corrected chi connectivity index (χ4v) is 2.98. The van der Waals surface area contributed by atoms with Gasteiger partial charge >= 0.3 is 12.1 Å². The molecule has 0 unspecified atom stereocenters. The second kappa shape index (κ2) is 8.88. The van der Waals surface area contributed by atoms with Crippen LogP contribution < -0.4 is 0 Å². The first kappa shape index (κ1) is 19.3. The van der Waals surface area contributed by atoms with Crippen molar-refractivity contribution in [2.45, 2.75) is 71.1 Å². The summed E-state index contributed by atoms with van der Waals surface area (Å²) < 4.78 is 10.8. The summed E-state index contributed by atoms with van der Waals surface area (Å²) in [6.45, 7) is 5.64. The van der Waals surface area contributed by atoms with E-state index in [2.05, 4.69) is 0 Å². The van der Waals surface area contributed by atoms with Gasteiger partial charge in [-0.25, -0.2) is 4.79 Å². The molecular formula is C20H29NO4. The first-order valence-electron chi connectivity index (χ1n) is 9.04. The lowest BCUT2D eigenvalue weighted by Gasteiger charge is -2.34. The van der Waals surface area contributed by atoms with E-state index in [1.165, 1.54) is 6.42 Å². The molecule has 0 aromatic heterocycles. The Hall–Kier alpha value is -2.04. The van der Waals surface area contributed by atoms with E-state index in [9.17, 15) is 9.59 Å². The number of hydrogen-bond acceptors (Lipinski definition) is 4. The fourth-order valence-electron chi connectivity index (χ4n) is 2.98. The number of carbonyl (C=O) groups excluding carboxylic acids is 2. The molecule has 1 aliphatic rings. The number of nitrogens with zero attached hydrogens (tertiary/aromatic N) is 1. The Morgan fingerprint density at radius 1 is 1.08 bits per heavy atom. The Morgan fingerprint density at radius 3 is 2.32 bits per heavy atom. The zero-order valence-electron chi connectivity index (χ0n) is 15.5. The maximum Gasteiger partial charge on any atom is 0.411 e. The van der Waals surface area contributed by atoms with Crippen LogP contribution >= 0.6 is 0 Å². The summed E-state index contributed by atoms with van der Waals surface area (Å²) >= 11 is 0. The van der Waals surface area contributed by atoms with E-state index >= 15 is 0 Å². The highest BCUT2D eigenvalue weighted by Crippen LogP contribution is 2.24. The van der Waals surface area contributed by atoms with Crippen LogP contribution in [-0.4, -0.2) is 35.2 Å². The molecule has 25 heavy (non-hydrogen) atoms. The van der Waals surface area contributed by atoms with Crippen LogP contribution in [0.15, 0.2) is 30.3 Å². The molecule has 1 fully saturated rings. The van der Waals surface area contributed by atoms with Crippen molar-refractivity contribution in [2.24, 2.45) is 0 Å². The van der Waals surface area contributed by atoms with Crippen molar-refractivity contribution in [3.05, 3.63) is 35.9 Å². The molecule has 5 nitrogen and oxygen atoms in total. The third kappa shape index (κ3) is 6.77. The number of rotatable bonds is 5. The summed E-state index contributed by atoms with van der Waals surface area (Å²) in [5.41, 5.74) is 0.343. The zero-order valence-corrected chi connectivity index (χ0v) is 15.5. The molecule has 0 bridgehead atoms.